The van der Waals surface area contributed by atoms with Crippen LogP contribution in [-0.2, 0) is 19.1 Å². The second-order valence-corrected chi connectivity index (χ2v) is 9.24. The van der Waals surface area contributed by atoms with E-state index in [2.05, 4.69) is 13.8 Å². The van der Waals surface area contributed by atoms with Crippen LogP contribution in [0.1, 0.15) is 52.4 Å². The Labute approximate surface area is 155 Å². The Hall–Kier alpha value is -1.65. The highest BCUT2D eigenvalue weighted by atomic mass is 16.5. The highest BCUT2D eigenvalue weighted by Gasteiger charge is 2.62. The van der Waals surface area contributed by atoms with E-state index >= 15 is 0 Å². The lowest BCUT2D eigenvalue weighted by Crippen LogP contribution is -2.56. The third kappa shape index (κ3) is 2.12. The van der Waals surface area contributed by atoms with Crippen molar-refractivity contribution in [1.82, 2.24) is 4.90 Å². The number of nitrogens with zero attached hydrogens (tertiary/aromatic N) is 1. The average Bonchev–Trinajstić information content (AvgIpc) is 2.97. The number of allylic oxidation sites excluding steroid dienone is 2. The monoisotopic (exact) mass is 359 g/mol. The molecule has 6 atom stereocenters. The smallest absolute Gasteiger partial charge is 0.309 e. The molecule has 4 rings (SSSR count). The molecule has 0 aromatic rings. The van der Waals surface area contributed by atoms with Gasteiger partial charge in [0.25, 0.3) is 0 Å². The van der Waals surface area contributed by atoms with Crippen LogP contribution in [0.5, 0.6) is 0 Å². The molecule has 3 fully saturated rings. The first-order valence-corrected chi connectivity index (χ1v) is 9.84. The number of amides is 1. The zero-order valence-corrected chi connectivity index (χ0v) is 16.2. The van der Waals surface area contributed by atoms with Crippen molar-refractivity contribution >= 4 is 17.7 Å². The Morgan fingerprint density at radius 3 is 2.58 bits per heavy atom. The summed E-state index contributed by atoms with van der Waals surface area (Å²) in [5.41, 5.74) is 0.639. The molecule has 0 radical (unpaired) electrons. The van der Waals surface area contributed by atoms with E-state index < -0.39 is 0 Å². The van der Waals surface area contributed by atoms with Gasteiger partial charge in [-0.2, -0.15) is 0 Å². The van der Waals surface area contributed by atoms with Crippen LogP contribution < -0.4 is 0 Å². The van der Waals surface area contributed by atoms with E-state index in [1.807, 2.05) is 0 Å². The first kappa shape index (κ1) is 17.7. The zero-order valence-electron chi connectivity index (χ0n) is 16.2. The van der Waals surface area contributed by atoms with Crippen LogP contribution in [0.4, 0.5) is 0 Å². The number of ketones is 1. The first-order chi connectivity index (χ1) is 12.2. The average molecular weight is 359 g/mol. The number of ether oxygens (including phenoxy) is 1. The van der Waals surface area contributed by atoms with Crippen LogP contribution in [0.25, 0.3) is 0 Å². The summed E-state index contributed by atoms with van der Waals surface area (Å²) < 4.78 is 5.06. The largest absolute Gasteiger partial charge is 0.469 e. The minimum atomic E-state index is -0.151. The molecular weight excluding hydrogens is 330 g/mol. The number of fused-ring (bicyclic) bond motifs is 5. The molecule has 0 bridgehead atoms. The second-order valence-electron chi connectivity index (χ2n) is 9.24. The van der Waals surface area contributed by atoms with Gasteiger partial charge in [-0.05, 0) is 49.4 Å². The van der Waals surface area contributed by atoms with E-state index in [0.29, 0.717) is 6.42 Å². The summed E-state index contributed by atoms with van der Waals surface area (Å²) >= 11 is 0. The summed E-state index contributed by atoms with van der Waals surface area (Å²) in [7, 11) is 3.26. The van der Waals surface area contributed by atoms with Crippen LogP contribution in [0.3, 0.4) is 0 Å². The highest BCUT2D eigenvalue weighted by molar-refractivity contribution is 5.96. The molecule has 5 heteroatoms. The van der Waals surface area contributed by atoms with E-state index in [9.17, 15) is 14.4 Å². The van der Waals surface area contributed by atoms with Crippen molar-refractivity contribution in [2.45, 2.75) is 52.4 Å². The summed E-state index contributed by atoms with van der Waals surface area (Å²) in [5, 5.41) is 0. The molecule has 26 heavy (non-hydrogen) atoms. The van der Waals surface area contributed by atoms with E-state index in [0.717, 1.165) is 37.8 Å². The number of hydrogen-bond donors (Lipinski definition) is 0. The number of likely N-dealkylation sites (tertiary alicyclic amines) is 1. The Morgan fingerprint density at radius 2 is 1.88 bits per heavy atom. The molecule has 1 saturated heterocycles. The number of esters is 1. The molecule has 1 heterocycles. The van der Waals surface area contributed by atoms with Crippen LogP contribution in [0.2, 0.25) is 0 Å². The fourth-order valence-electron chi connectivity index (χ4n) is 6.83. The van der Waals surface area contributed by atoms with E-state index in [1.165, 1.54) is 7.11 Å². The summed E-state index contributed by atoms with van der Waals surface area (Å²) in [6.45, 7) is 4.43. The van der Waals surface area contributed by atoms with Gasteiger partial charge in [0.05, 0.1) is 13.0 Å². The topological polar surface area (TPSA) is 63.7 Å². The molecule has 0 aromatic heterocycles. The van der Waals surface area contributed by atoms with Gasteiger partial charge < -0.3 is 9.64 Å². The number of rotatable bonds is 1. The van der Waals surface area contributed by atoms with E-state index in [4.69, 9.17) is 4.74 Å². The van der Waals surface area contributed by atoms with Crippen molar-refractivity contribution in [1.29, 1.82) is 0 Å². The molecule has 2 saturated carbocycles. The number of carbonyl (C=O) groups excluding carboxylic acids is 3. The molecular formula is C21H29NO4. The van der Waals surface area contributed by atoms with Crippen molar-refractivity contribution in [2.75, 3.05) is 14.2 Å². The molecule has 0 aromatic carbocycles. The Morgan fingerprint density at radius 1 is 1.15 bits per heavy atom. The summed E-state index contributed by atoms with van der Waals surface area (Å²) in [6, 6.07) is 0. The van der Waals surface area contributed by atoms with Crippen LogP contribution >= 0.6 is 0 Å². The Balaban J connectivity index is 1.74. The lowest BCUT2D eigenvalue weighted by molar-refractivity contribution is -0.156. The quantitative estimate of drug-likeness (QED) is 0.675. The van der Waals surface area contributed by atoms with Gasteiger partial charge in [-0.3, -0.25) is 14.4 Å². The van der Waals surface area contributed by atoms with Crippen molar-refractivity contribution in [3.8, 4) is 0 Å². The minimum Gasteiger partial charge on any atom is -0.469 e. The highest BCUT2D eigenvalue weighted by Crippen LogP contribution is 2.65. The lowest BCUT2D eigenvalue weighted by atomic mass is 9.48. The van der Waals surface area contributed by atoms with Gasteiger partial charge >= 0.3 is 5.97 Å². The number of piperidine rings is 1. The third-order valence-electron chi connectivity index (χ3n) is 8.36. The Bertz CT molecular complexity index is 713. The molecule has 0 N–H and O–H groups in total. The molecule has 3 aliphatic carbocycles. The van der Waals surface area contributed by atoms with Crippen molar-refractivity contribution in [3.63, 3.8) is 0 Å². The molecule has 142 valence electrons. The fraction of sp³-hybridized carbons (Fsp3) is 0.762. The second kappa shape index (κ2) is 5.67. The van der Waals surface area contributed by atoms with Gasteiger partial charge in [0.15, 0.2) is 5.78 Å². The van der Waals surface area contributed by atoms with E-state index in [1.54, 1.807) is 18.0 Å². The molecule has 1 amide bonds. The lowest BCUT2D eigenvalue weighted by Gasteiger charge is -2.57. The number of methoxy groups -OCH3 is 1. The minimum absolute atomic E-state index is 0.0289. The molecule has 0 unspecified atom stereocenters. The van der Waals surface area contributed by atoms with Crippen LogP contribution in [0.15, 0.2) is 11.8 Å². The molecule has 0 spiro atoms. The molecule has 1 aliphatic heterocycles. The SMILES string of the molecule is COC(=O)[C@H]1CC[C@H]2[C@@H]3C(=O)C=C4N(C)C(=O)CC[C@]4(C)[C@H]3CC[C@]12C. The predicted molar refractivity (Wildman–Crippen MR) is 95.8 cm³/mol. The maximum Gasteiger partial charge on any atom is 0.309 e. The van der Waals surface area contributed by atoms with Gasteiger partial charge in [0.1, 0.15) is 0 Å². The zero-order chi connectivity index (χ0) is 18.9. The van der Waals surface area contributed by atoms with Crippen LogP contribution in [-0.4, -0.2) is 36.7 Å². The molecule has 4 aliphatic rings. The van der Waals surface area contributed by atoms with Crippen molar-refractivity contribution in [3.05, 3.63) is 11.8 Å². The summed E-state index contributed by atoms with van der Waals surface area (Å²) in [4.78, 5) is 39.4. The fourth-order valence-corrected chi connectivity index (χ4v) is 6.83. The summed E-state index contributed by atoms with van der Waals surface area (Å²) in [6.07, 6.45) is 6.73. The maximum atomic E-state index is 13.2. The van der Waals surface area contributed by atoms with Crippen molar-refractivity contribution < 1.29 is 19.1 Å². The van der Waals surface area contributed by atoms with Gasteiger partial charge in [-0.25, -0.2) is 0 Å². The standard InChI is InChI=1S/C21H29NO4/c1-20-9-7-13-18(12(20)5-6-14(20)19(25)26-4)15(23)11-16-21(13,2)10-8-17(24)22(16)3/h11-14,18H,5-10H2,1-4H3/t12-,13-,14+,18-,20-,21+/m0/s1. The van der Waals surface area contributed by atoms with Gasteiger partial charge in [-0.1, -0.05) is 13.8 Å². The number of carbonyl (C=O) groups is 3. The van der Waals surface area contributed by atoms with Crippen molar-refractivity contribution in [2.24, 2.45) is 34.5 Å². The maximum absolute atomic E-state index is 13.2. The normalized spacial score (nSPS) is 44.8. The third-order valence-corrected chi connectivity index (χ3v) is 8.36. The number of hydrogen-bond acceptors (Lipinski definition) is 4. The predicted octanol–water partition coefficient (Wildman–Crippen LogP) is 2.94. The van der Waals surface area contributed by atoms with Gasteiger partial charge in [-0.15, -0.1) is 0 Å². The Kier molecular flexibility index (Phi) is 3.87. The van der Waals surface area contributed by atoms with E-state index in [-0.39, 0.29) is 52.2 Å². The molecule has 5 nitrogen and oxygen atoms in total. The van der Waals surface area contributed by atoms with Crippen LogP contribution in [0, 0.1) is 34.5 Å². The van der Waals surface area contributed by atoms with Gasteiger partial charge in [0.2, 0.25) is 5.91 Å². The van der Waals surface area contributed by atoms with Gasteiger partial charge in [0, 0.05) is 36.6 Å². The summed E-state index contributed by atoms with van der Waals surface area (Å²) in [5.74, 6) is 0.508. The first-order valence-electron chi connectivity index (χ1n) is 9.84.